The van der Waals surface area contributed by atoms with Crippen molar-refractivity contribution in [2.45, 2.75) is 19.5 Å². The SMILES string of the molecule is N#Cc1ccc(CN2CCc3[nH]n(-c4ccc(Cl)cc4)c(=O)c3C2)cc1. The molecule has 0 bridgehead atoms. The number of H-pyrrole nitrogens is 1. The number of nitriles is 1. The fourth-order valence-corrected chi connectivity index (χ4v) is 3.44. The fourth-order valence-electron chi connectivity index (χ4n) is 3.31. The van der Waals surface area contributed by atoms with E-state index in [0.29, 0.717) is 17.1 Å². The van der Waals surface area contributed by atoms with Crippen LogP contribution in [0, 0.1) is 11.3 Å². The zero-order chi connectivity index (χ0) is 18.1. The summed E-state index contributed by atoms with van der Waals surface area (Å²) in [6, 6.07) is 16.9. The first kappa shape index (κ1) is 16.6. The Hall–Kier alpha value is -2.81. The first-order chi connectivity index (χ1) is 12.6. The Morgan fingerprint density at radius 1 is 1.12 bits per heavy atom. The highest BCUT2D eigenvalue weighted by molar-refractivity contribution is 6.30. The number of fused-ring (bicyclic) bond motifs is 1. The van der Waals surface area contributed by atoms with Gasteiger partial charge in [0, 0.05) is 36.8 Å². The van der Waals surface area contributed by atoms with Gasteiger partial charge in [-0.05, 0) is 42.0 Å². The summed E-state index contributed by atoms with van der Waals surface area (Å²) in [5, 5.41) is 12.8. The molecule has 2 aromatic carbocycles. The molecular formula is C20H17ClN4O. The number of nitrogens with one attached hydrogen (secondary N) is 1. The van der Waals surface area contributed by atoms with Crippen LogP contribution in [0.2, 0.25) is 5.02 Å². The van der Waals surface area contributed by atoms with E-state index in [-0.39, 0.29) is 5.56 Å². The number of aromatic nitrogens is 2. The quantitative estimate of drug-likeness (QED) is 0.775. The van der Waals surface area contributed by atoms with Crippen molar-refractivity contribution in [3.8, 4) is 11.8 Å². The minimum Gasteiger partial charge on any atom is -0.295 e. The van der Waals surface area contributed by atoms with Crippen LogP contribution in [0.5, 0.6) is 0 Å². The van der Waals surface area contributed by atoms with Crippen molar-refractivity contribution in [1.29, 1.82) is 5.26 Å². The third-order valence-electron chi connectivity index (χ3n) is 4.71. The molecule has 1 N–H and O–H groups in total. The summed E-state index contributed by atoms with van der Waals surface area (Å²) in [6.45, 7) is 2.26. The van der Waals surface area contributed by atoms with Gasteiger partial charge < -0.3 is 0 Å². The molecule has 4 rings (SSSR count). The van der Waals surface area contributed by atoms with Crippen LogP contribution in [-0.2, 0) is 19.5 Å². The zero-order valence-corrected chi connectivity index (χ0v) is 14.8. The molecule has 130 valence electrons. The van der Waals surface area contributed by atoms with Crippen molar-refractivity contribution < 1.29 is 0 Å². The molecule has 26 heavy (non-hydrogen) atoms. The number of benzene rings is 2. The minimum absolute atomic E-state index is 0.00755. The van der Waals surface area contributed by atoms with E-state index in [1.807, 2.05) is 36.4 Å². The molecule has 0 atom stereocenters. The number of nitrogens with zero attached hydrogens (tertiary/aromatic N) is 3. The Kier molecular flexibility index (Phi) is 4.37. The average Bonchev–Trinajstić information content (AvgIpc) is 2.99. The third-order valence-corrected chi connectivity index (χ3v) is 4.96. The van der Waals surface area contributed by atoms with Crippen LogP contribution in [0.1, 0.15) is 22.4 Å². The molecule has 0 unspecified atom stereocenters. The second-order valence-electron chi connectivity index (χ2n) is 6.46. The van der Waals surface area contributed by atoms with Crippen LogP contribution >= 0.6 is 11.6 Å². The van der Waals surface area contributed by atoms with E-state index in [1.165, 1.54) is 0 Å². The maximum atomic E-state index is 12.8. The summed E-state index contributed by atoms with van der Waals surface area (Å²) in [5.41, 5.74) is 4.40. The summed E-state index contributed by atoms with van der Waals surface area (Å²) in [5.74, 6) is 0. The molecule has 3 aromatic rings. The van der Waals surface area contributed by atoms with Crippen molar-refractivity contribution in [2.24, 2.45) is 0 Å². The molecule has 2 heterocycles. The predicted octanol–water partition coefficient (Wildman–Crippen LogP) is 3.25. The standard InChI is InChI=1S/C20H17ClN4O/c21-16-5-7-17(8-6-16)25-20(26)18-13-24(10-9-19(18)23-25)12-15-3-1-14(11-22)2-4-15/h1-8,23H,9-10,12-13H2. The van der Waals surface area contributed by atoms with Gasteiger partial charge in [-0.15, -0.1) is 0 Å². The number of aromatic amines is 1. The fraction of sp³-hybridized carbons (Fsp3) is 0.200. The van der Waals surface area contributed by atoms with Crippen LogP contribution in [-0.4, -0.2) is 21.2 Å². The van der Waals surface area contributed by atoms with Crippen molar-refractivity contribution in [2.75, 3.05) is 6.54 Å². The predicted molar refractivity (Wildman–Crippen MR) is 100 cm³/mol. The molecular weight excluding hydrogens is 348 g/mol. The van der Waals surface area contributed by atoms with E-state index in [2.05, 4.69) is 16.1 Å². The molecule has 0 amide bonds. The molecule has 1 aromatic heterocycles. The van der Waals surface area contributed by atoms with Gasteiger partial charge in [0.2, 0.25) is 0 Å². The van der Waals surface area contributed by atoms with E-state index in [0.717, 1.165) is 42.0 Å². The lowest BCUT2D eigenvalue weighted by Gasteiger charge is -2.25. The Balaban J connectivity index is 1.56. The van der Waals surface area contributed by atoms with Crippen LogP contribution in [0.4, 0.5) is 0 Å². The van der Waals surface area contributed by atoms with Gasteiger partial charge in [-0.2, -0.15) is 5.26 Å². The maximum Gasteiger partial charge on any atom is 0.275 e. The normalized spacial score (nSPS) is 14.0. The van der Waals surface area contributed by atoms with Crippen molar-refractivity contribution >= 4 is 11.6 Å². The van der Waals surface area contributed by atoms with Crippen molar-refractivity contribution in [3.05, 3.63) is 86.3 Å². The Labute approximate surface area is 156 Å². The molecule has 0 radical (unpaired) electrons. The molecule has 0 saturated carbocycles. The van der Waals surface area contributed by atoms with Gasteiger partial charge in [0.05, 0.1) is 22.9 Å². The largest absolute Gasteiger partial charge is 0.295 e. The number of rotatable bonds is 3. The molecule has 6 heteroatoms. The molecule has 0 saturated heterocycles. The van der Waals surface area contributed by atoms with Gasteiger partial charge >= 0.3 is 0 Å². The van der Waals surface area contributed by atoms with Crippen LogP contribution in [0.25, 0.3) is 5.69 Å². The summed E-state index contributed by atoms with van der Waals surface area (Å²) >= 11 is 5.93. The van der Waals surface area contributed by atoms with Crippen molar-refractivity contribution in [3.63, 3.8) is 0 Å². The Morgan fingerprint density at radius 2 is 1.85 bits per heavy atom. The van der Waals surface area contributed by atoms with Gasteiger partial charge in [-0.25, -0.2) is 4.68 Å². The average molecular weight is 365 g/mol. The molecule has 1 aliphatic heterocycles. The number of hydrogen-bond acceptors (Lipinski definition) is 3. The smallest absolute Gasteiger partial charge is 0.275 e. The zero-order valence-electron chi connectivity index (χ0n) is 14.1. The lowest BCUT2D eigenvalue weighted by molar-refractivity contribution is 0.244. The number of hydrogen-bond donors (Lipinski definition) is 1. The highest BCUT2D eigenvalue weighted by Gasteiger charge is 2.23. The second-order valence-corrected chi connectivity index (χ2v) is 6.89. The van der Waals surface area contributed by atoms with E-state index in [9.17, 15) is 4.79 Å². The van der Waals surface area contributed by atoms with Crippen LogP contribution < -0.4 is 5.56 Å². The van der Waals surface area contributed by atoms with Crippen LogP contribution in [0.3, 0.4) is 0 Å². The molecule has 0 aliphatic carbocycles. The second kappa shape index (κ2) is 6.83. The molecule has 0 fully saturated rings. The third kappa shape index (κ3) is 3.17. The molecule has 5 nitrogen and oxygen atoms in total. The minimum atomic E-state index is -0.00755. The lowest BCUT2D eigenvalue weighted by Crippen LogP contribution is -2.32. The lowest BCUT2D eigenvalue weighted by atomic mass is 10.1. The van der Waals surface area contributed by atoms with Gasteiger partial charge in [-0.3, -0.25) is 14.8 Å². The highest BCUT2D eigenvalue weighted by Crippen LogP contribution is 2.19. The first-order valence-electron chi connectivity index (χ1n) is 8.44. The monoisotopic (exact) mass is 364 g/mol. The van der Waals surface area contributed by atoms with E-state index >= 15 is 0 Å². The molecule has 0 spiro atoms. The van der Waals surface area contributed by atoms with Gasteiger partial charge in [0.25, 0.3) is 5.56 Å². The summed E-state index contributed by atoms with van der Waals surface area (Å²) in [6.07, 6.45) is 0.807. The Morgan fingerprint density at radius 3 is 2.54 bits per heavy atom. The van der Waals surface area contributed by atoms with Gasteiger partial charge in [0.1, 0.15) is 0 Å². The Bertz CT molecular complexity index is 1030. The maximum absolute atomic E-state index is 12.8. The molecule has 1 aliphatic rings. The van der Waals surface area contributed by atoms with Gasteiger partial charge in [0.15, 0.2) is 0 Å². The van der Waals surface area contributed by atoms with E-state index in [4.69, 9.17) is 16.9 Å². The highest BCUT2D eigenvalue weighted by atomic mass is 35.5. The topological polar surface area (TPSA) is 64.8 Å². The summed E-state index contributed by atoms with van der Waals surface area (Å²) in [7, 11) is 0. The number of halogens is 1. The van der Waals surface area contributed by atoms with E-state index in [1.54, 1.807) is 16.8 Å². The van der Waals surface area contributed by atoms with Gasteiger partial charge in [-0.1, -0.05) is 23.7 Å². The van der Waals surface area contributed by atoms with Crippen LogP contribution in [0.15, 0.2) is 53.3 Å². The summed E-state index contributed by atoms with van der Waals surface area (Å²) < 4.78 is 1.59. The first-order valence-corrected chi connectivity index (χ1v) is 8.82. The van der Waals surface area contributed by atoms with Crippen molar-refractivity contribution in [1.82, 2.24) is 14.7 Å². The van der Waals surface area contributed by atoms with E-state index < -0.39 is 0 Å². The summed E-state index contributed by atoms with van der Waals surface area (Å²) in [4.78, 5) is 15.1.